The van der Waals surface area contributed by atoms with Crippen molar-refractivity contribution in [3.63, 3.8) is 0 Å². The van der Waals surface area contributed by atoms with Gasteiger partial charge in [0, 0.05) is 22.8 Å². The monoisotopic (exact) mass is 414 g/mol. The molecule has 1 N–H and O–H groups in total. The molecule has 0 aliphatic carbocycles. The molecule has 1 aliphatic rings. The third-order valence-electron chi connectivity index (χ3n) is 4.39. The molecule has 1 aromatic heterocycles. The van der Waals surface area contributed by atoms with Gasteiger partial charge in [-0.3, -0.25) is 4.79 Å². The van der Waals surface area contributed by atoms with E-state index in [2.05, 4.69) is 4.72 Å². The Kier molecular flexibility index (Phi) is 5.25. The van der Waals surface area contributed by atoms with Crippen molar-refractivity contribution in [2.24, 2.45) is 0 Å². The molecule has 28 heavy (non-hydrogen) atoms. The predicted octanol–water partition coefficient (Wildman–Crippen LogP) is 3.51. The van der Waals surface area contributed by atoms with E-state index in [0.717, 1.165) is 10.6 Å². The molecule has 0 atom stereocenters. The highest BCUT2D eigenvalue weighted by atomic mass is 32.2. The molecule has 1 aliphatic heterocycles. The summed E-state index contributed by atoms with van der Waals surface area (Å²) in [5.74, 6) is 1.15. The Morgan fingerprint density at radius 2 is 1.93 bits per heavy atom. The first-order chi connectivity index (χ1) is 13.5. The number of nitrogens with one attached hydrogen (secondary N) is 1. The molecule has 2 heterocycles. The molecule has 0 unspecified atom stereocenters. The van der Waals surface area contributed by atoms with Crippen LogP contribution in [-0.2, 0) is 16.6 Å². The molecule has 8 heteroatoms. The number of nitrogens with zero attached hydrogens (tertiary/aromatic N) is 1. The lowest BCUT2D eigenvalue weighted by molar-refractivity contribution is 0.0987. The van der Waals surface area contributed by atoms with E-state index in [1.54, 1.807) is 59.1 Å². The number of amides is 1. The van der Waals surface area contributed by atoms with Crippen LogP contribution in [0, 0.1) is 0 Å². The summed E-state index contributed by atoms with van der Waals surface area (Å²) in [5, 5.41) is 0. The molecule has 6 nitrogen and oxygen atoms in total. The number of rotatable bonds is 5. The van der Waals surface area contributed by atoms with E-state index >= 15 is 0 Å². The standard InChI is InChI=1S/C20H18N2O4S2/c23-20(15-5-2-1-3-6-15)22-10-12-27-19-9-8-17(13-18(19)22)28(24,25)21-14-16-7-4-11-26-16/h1-9,11,13,21H,10,12,14H2. The van der Waals surface area contributed by atoms with Gasteiger partial charge in [-0.2, -0.15) is 0 Å². The number of fused-ring (bicyclic) bond motifs is 1. The second-order valence-electron chi connectivity index (χ2n) is 6.20. The number of anilines is 1. The highest BCUT2D eigenvalue weighted by molar-refractivity contribution is 7.99. The normalized spacial score (nSPS) is 13.9. The molecular weight excluding hydrogens is 396 g/mol. The fourth-order valence-corrected chi connectivity index (χ4v) is 4.96. The molecule has 0 saturated carbocycles. The maximum absolute atomic E-state index is 12.9. The van der Waals surface area contributed by atoms with E-state index in [0.29, 0.717) is 23.6 Å². The summed E-state index contributed by atoms with van der Waals surface area (Å²) in [6.07, 6.45) is 1.49. The van der Waals surface area contributed by atoms with Crippen LogP contribution in [0.4, 0.5) is 5.69 Å². The highest BCUT2D eigenvalue weighted by Crippen LogP contribution is 2.37. The highest BCUT2D eigenvalue weighted by Gasteiger charge is 2.26. The number of thioether (sulfide) groups is 1. The third-order valence-corrected chi connectivity index (χ3v) is 6.83. The molecule has 0 fully saturated rings. The average molecular weight is 415 g/mol. The summed E-state index contributed by atoms with van der Waals surface area (Å²) >= 11 is 1.61. The summed E-state index contributed by atoms with van der Waals surface area (Å²) < 4.78 is 33.1. The lowest BCUT2D eigenvalue weighted by atomic mass is 10.2. The van der Waals surface area contributed by atoms with Crippen LogP contribution in [0.1, 0.15) is 16.1 Å². The van der Waals surface area contributed by atoms with Gasteiger partial charge >= 0.3 is 0 Å². The fourth-order valence-electron chi connectivity index (χ4n) is 2.97. The number of furan rings is 1. The van der Waals surface area contributed by atoms with Crippen molar-refractivity contribution >= 4 is 33.4 Å². The van der Waals surface area contributed by atoms with Crippen LogP contribution in [-0.4, -0.2) is 26.6 Å². The summed E-state index contributed by atoms with van der Waals surface area (Å²) in [4.78, 5) is 15.6. The summed E-state index contributed by atoms with van der Waals surface area (Å²) in [5.41, 5.74) is 1.19. The SMILES string of the molecule is O=C(c1ccccc1)N1CCSc2ccc(S(=O)(=O)NCc3ccco3)cc21. The van der Waals surface area contributed by atoms with Crippen LogP contribution in [0.5, 0.6) is 0 Å². The van der Waals surface area contributed by atoms with Crippen molar-refractivity contribution in [1.29, 1.82) is 0 Å². The fraction of sp³-hybridized carbons (Fsp3) is 0.150. The maximum atomic E-state index is 12.9. The minimum atomic E-state index is -3.74. The van der Waals surface area contributed by atoms with Crippen LogP contribution in [0.3, 0.4) is 0 Å². The maximum Gasteiger partial charge on any atom is 0.258 e. The number of carbonyl (C=O) groups is 1. The second kappa shape index (κ2) is 7.83. The average Bonchev–Trinajstić information content (AvgIpc) is 3.25. The van der Waals surface area contributed by atoms with Gasteiger partial charge in [0.25, 0.3) is 5.91 Å². The minimum Gasteiger partial charge on any atom is -0.468 e. The summed E-state index contributed by atoms with van der Waals surface area (Å²) in [6, 6.07) is 17.3. The van der Waals surface area contributed by atoms with Crippen LogP contribution in [0.25, 0.3) is 0 Å². The van der Waals surface area contributed by atoms with E-state index in [1.165, 1.54) is 6.26 Å². The van der Waals surface area contributed by atoms with Crippen molar-refractivity contribution in [3.8, 4) is 0 Å². The molecule has 144 valence electrons. The van der Waals surface area contributed by atoms with Gasteiger partial charge in [0.05, 0.1) is 23.4 Å². The zero-order chi connectivity index (χ0) is 19.6. The van der Waals surface area contributed by atoms with E-state index in [-0.39, 0.29) is 17.3 Å². The van der Waals surface area contributed by atoms with Crippen LogP contribution >= 0.6 is 11.8 Å². The van der Waals surface area contributed by atoms with Gasteiger partial charge in [0.2, 0.25) is 10.0 Å². The minimum absolute atomic E-state index is 0.0633. The van der Waals surface area contributed by atoms with Gasteiger partial charge in [0.1, 0.15) is 5.76 Å². The van der Waals surface area contributed by atoms with E-state index in [4.69, 9.17) is 4.42 Å². The molecule has 0 spiro atoms. The topological polar surface area (TPSA) is 79.6 Å². The quantitative estimate of drug-likeness (QED) is 0.691. The first-order valence-corrected chi connectivity index (χ1v) is 11.2. The molecular formula is C20H18N2O4S2. The Morgan fingerprint density at radius 3 is 2.68 bits per heavy atom. The summed E-state index contributed by atoms with van der Waals surface area (Å²) in [7, 11) is -3.74. The number of carbonyl (C=O) groups excluding carboxylic acids is 1. The Hall–Kier alpha value is -2.55. The van der Waals surface area contributed by atoms with E-state index < -0.39 is 10.0 Å². The van der Waals surface area contributed by atoms with Crippen molar-refractivity contribution < 1.29 is 17.6 Å². The zero-order valence-corrected chi connectivity index (χ0v) is 16.5. The zero-order valence-electron chi connectivity index (χ0n) is 14.9. The van der Waals surface area contributed by atoms with Gasteiger partial charge in [0.15, 0.2) is 0 Å². The van der Waals surface area contributed by atoms with Gasteiger partial charge in [-0.1, -0.05) is 18.2 Å². The van der Waals surface area contributed by atoms with Crippen LogP contribution in [0.2, 0.25) is 0 Å². The Bertz CT molecular complexity index is 1080. The predicted molar refractivity (Wildman–Crippen MR) is 108 cm³/mol. The van der Waals surface area contributed by atoms with Gasteiger partial charge in [-0.15, -0.1) is 11.8 Å². The second-order valence-corrected chi connectivity index (χ2v) is 9.11. The van der Waals surface area contributed by atoms with Crippen molar-refractivity contribution in [2.45, 2.75) is 16.3 Å². The lowest BCUT2D eigenvalue weighted by Crippen LogP contribution is -2.35. The molecule has 0 saturated heterocycles. The Morgan fingerprint density at radius 1 is 1.11 bits per heavy atom. The number of hydrogen-bond donors (Lipinski definition) is 1. The Labute approximate surface area is 167 Å². The van der Waals surface area contributed by atoms with Crippen molar-refractivity contribution in [3.05, 3.63) is 78.3 Å². The molecule has 4 rings (SSSR count). The molecule has 1 amide bonds. The van der Waals surface area contributed by atoms with E-state index in [1.807, 2.05) is 18.2 Å². The van der Waals surface area contributed by atoms with E-state index in [9.17, 15) is 13.2 Å². The first-order valence-electron chi connectivity index (χ1n) is 8.70. The van der Waals surface area contributed by atoms with Crippen molar-refractivity contribution in [1.82, 2.24) is 4.72 Å². The lowest BCUT2D eigenvalue weighted by Gasteiger charge is -2.29. The van der Waals surface area contributed by atoms with Gasteiger partial charge in [-0.05, 0) is 42.5 Å². The molecule has 0 bridgehead atoms. The van der Waals surface area contributed by atoms with Gasteiger partial charge < -0.3 is 9.32 Å². The third kappa shape index (κ3) is 3.84. The van der Waals surface area contributed by atoms with Crippen LogP contribution < -0.4 is 9.62 Å². The molecule has 3 aromatic rings. The van der Waals surface area contributed by atoms with Crippen molar-refractivity contribution in [2.75, 3.05) is 17.2 Å². The van der Waals surface area contributed by atoms with Gasteiger partial charge in [-0.25, -0.2) is 13.1 Å². The smallest absolute Gasteiger partial charge is 0.258 e. The summed E-state index contributed by atoms with van der Waals surface area (Å²) in [6.45, 7) is 0.586. The number of hydrogen-bond acceptors (Lipinski definition) is 5. The molecule has 2 aromatic carbocycles. The largest absolute Gasteiger partial charge is 0.468 e. The Balaban J connectivity index is 1.63. The number of sulfonamides is 1. The van der Waals surface area contributed by atoms with Crippen LogP contribution in [0.15, 0.2) is 81.1 Å². The number of benzene rings is 2. The molecule has 0 radical (unpaired) electrons. The first kappa shape index (κ1) is 18.8.